The molecule has 0 heterocycles. The van der Waals surface area contributed by atoms with Gasteiger partial charge < -0.3 is 14.8 Å². The molecule has 0 aliphatic rings. The van der Waals surface area contributed by atoms with Gasteiger partial charge in [-0.05, 0) is 60.7 Å². The number of halogens is 3. The lowest BCUT2D eigenvalue weighted by atomic mass is 10.2. The summed E-state index contributed by atoms with van der Waals surface area (Å²) in [5.74, 6) is 0.877. The highest BCUT2D eigenvalue weighted by molar-refractivity contribution is 8.00. The van der Waals surface area contributed by atoms with Gasteiger partial charge >= 0.3 is 6.18 Å². The van der Waals surface area contributed by atoms with E-state index in [2.05, 4.69) is 10.0 Å². The third-order valence-electron chi connectivity index (χ3n) is 4.62. The number of thioether (sulfide) groups is 1. The zero-order chi connectivity index (χ0) is 25.6. The van der Waals surface area contributed by atoms with E-state index in [1.165, 1.54) is 56.3 Å². The smallest absolute Gasteiger partial charge is 0.416 e. The SMILES string of the molecule is COc1ccc(SCC(=O)Nc2ccc(S(=O)(=O)Nc3cccc(C(F)(F)F)c3)cc2)cc1OC. The number of ether oxygens (including phenoxy) is 2. The Hall–Kier alpha value is -3.38. The Morgan fingerprint density at radius 3 is 2.23 bits per heavy atom. The minimum absolute atomic E-state index is 0.0899. The summed E-state index contributed by atoms with van der Waals surface area (Å²) >= 11 is 1.27. The van der Waals surface area contributed by atoms with Gasteiger partial charge in [0.2, 0.25) is 5.91 Å². The molecule has 0 spiro atoms. The lowest BCUT2D eigenvalue weighted by Crippen LogP contribution is -2.15. The molecular weight excluding hydrogens is 505 g/mol. The minimum Gasteiger partial charge on any atom is -0.493 e. The maximum absolute atomic E-state index is 12.9. The zero-order valence-corrected chi connectivity index (χ0v) is 20.2. The average molecular weight is 527 g/mol. The molecular formula is C23H21F3N2O5S2. The number of carbonyl (C=O) groups is 1. The average Bonchev–Trinajstić information content (AvgIpc) is 2.82. The summed E-state index contributed by atoms with van der Waals surface area (Å²) in [7, 11) is -1.10. The van der Waals surface area contributed by atoms with Crippen LogP contribution in [0.5, 0.6) is 11.5 Å². The molecule has 0 saturated heterocycles. The highest BCUT2D eigenvalue weighted by atomic mass is 32.2. The van der Waals surface area contributed by atoms with Crippen molar-refractivity contribution in [3.05, 3.63) is 72.3 Å². The Kier molecular flexibility index (Phi) is 8.18. The van der Waals surface area contributed by atoms with Crippen molar-refractivity contribution < 1.29 is 35.9 Å². The van der Waals surface area contributed by atoms with Crippen molar-refractivity contribution in [2.75, 3.05) is 30.0 Å². The van der Waals surface area contributed by atoms with E-state index < -0.39 is 21.8 Å². The van der Waals surface area contributed by atoms with Gasteiger partial charge in [0, 0.05) is 16.3 Å². The molecule has 0 aliphatic heterocycles. The monoisotopic (exact) mass is 526 g/mol. The van der Waals surface area contributed by atoms with E-state index in [4.69, 9.17) is 9.47 Å². The van der Waals surface area contributed by atoms with E-state index >= 15 is 0 Å². The van der Waals surface area contributed by atoms with Crippen LogP contribution in [-0.4, -0.2) is 34.3 Å². The van der Waals surface area contributed by atoms with Crippen molar-refractivity contribution in [1.29, 1.82) is 0 Å². The first kappa shape index (κ1) is 26.2. The molecule has 12 heteroatoms. The molecule has 0 atom stereocenters. The number of sulfonamides is 1. The van der Waals surface area contributed by atoms with E-state index in [1.807, 2.05) is 0 Å². The van der Waals surface area contributed by atoms with E-state index in [9.17, 15) is 26.4 Å². The second kappa shape index (κ2) is 10.9. The Morgan fingerprint density at radius 1 is 0.914 bits per heavy atom. The van der Waals surface area contributed by atoms with Crippen LogP contribution in [0.2, 0.25) is 0 Å². The maximum atomic E-state index is 12.9. The summed E-state index contributed by atoms with van der Waals surface area (Å²) < 4.78 is 76.2. The van der Waals surface area contributed by atoms with Crippen LogP contribution in [0.15, 0.2) is 76.5 Å². The van der Waals surface area contributed by atoms with Crippen LogP contribution >= 0.6 is 11.8 Å². The van der Waals surface area contributed by atoms with Gasteiger partial charge in [-0.2, -0.15) is 13.2 Å². The zero-order valence-electron chi connectivity index (χ0n) is 18.5. The number of amides is 1. The number of hydrogen-bond donors (Lipinski definition) is 2. The van der Waals surface area contributed by atoms with Crippen LogP contribution in [0, 0.1) is 0 Å². The molecule has 186 valence electrons. The number of nitrogens with one attached hydrogen (secondary N) is 2. The van der Waals surface area contributed by atoms with Crippen LogP contribution < -0.4 is 19.5 Å². The molecule has 3 rings (SSSR count). The van der Waals surface area contributed by atoms with Gasteiger partial charge in [-0.1, -0.05) is 6.07 Å². The van der Waals surface area contributed by atoms with E-state index in [0.717, 1.165) is 17.0 Å². The summed E-state index contributed by atoms with van der Waals surface area (Å²) in [5, 5.41) is 2.66. The van der Waals surface area contributed by atoms with Crippen LogP contribution in [-0.2, 0) is 21.0 Å². The lowest BCUT2D eigenvalue weighted by Gasteiger charge is -2.12. The van der Waals surface area contributed by atoms with Crippen molar-refractivity contribution in [3.8, 4) is 11.5 Å². The Morgan fingerprint density at radius 2 is 1.60 bits per heavy atom. The molecule has 0 aromatic heterocycles. The number of methoxy groups -OCH3 is 2. The van der Waals surface area contributed by atoms with E-state index in [0.29, 0.717) is 23.3 Å². The topological polar surface area (TPSA) is 93.7 Å². The molecule has 2 N–H and O–H groups in total. The van der Waals surface area contributed by atoms with Crippen molar-refractivity contribution in [1.82, 2.24) is 0 Å². The van der Waals surface area contributed by atoms with Crippen LogP contribution in [0.4, 0.5) is 24.5 Å². The molecule has 3 aromatic carbocycles. The first-order chi connectivity index (χ1) is 16.5. The second-order valence-electron chi connectivity index (χ2n) is 7.06. The van der Waals surface area contributed by atoms with Crippen molar-refractivity contribution in [2.45, 2.75) is 16.0 Å². The number of anilines is 2. The van der Waals surface area contributed by atoms with Gasteiger partial charge in [0.05, 0.1) is 30.4 Å². The lowest BCUT2D eigenvalue weighted by molar-refractivity contribution is -0.137. The Balaban J connectivity index is 1.61. The van der Waals surface area contributed by atoms with Gasteiger partial charge in [-0.3, -0.25) is 9.52 Å². The van der Waals surface area contributed by atoms with E-state index in [-0.39, 0.29) is 22.2 Å². The molecule has 3 aromatic rings. The van der Waals surface area contributed by atoms with Gasteiger partial charge in [0.1, 0.15) is 0 Å². The fourth-order valence-electron chi connectivity index (χ4n) is 2.94. The maximum Gasteiger partial charge on any atom is 0.416 e. The Labute approximate surface area is 204 Å². The largest absolute Gasteiger partial charge is 0.493 e. The quantitative estimate of drug-likeness (QED) is 0.370. The predicted octanol–water partition coefficient (Wildman–Crippen LogP) is 5.25. The standard InChI is InChI=1S/C23H21F3N2O5S2/c1-32-20-11-8-18(13-21(20)33-2)34-14-22(29)27-16-6-9-19(10-7-16)35(30,31)28-17-5-3-4-15(12-17)23(24,25)26/h3-13,28H,14H2,1-2H3,(H,27,29). The third kappa shape index (κ3) is 7.06. The van der Waals surface area contributed by atoms with Gasteiger partial charge in [0.15, 0.2) is 11.5 Å². The minimum atomic E-state index is -4.60. The van der Waals surface area contributed by atoms with Crippen molar-refractivity contribution in [3.63, 3.8) is 0 Å². The molecule has 0 fully saturated rings. The van der Waals surface area contributed by atoms with Crippen molar-refractivity contribution in [2.24, 2.45) is 0 Å². The first-order valence-corrected chi connectivity index (χ1v) is 12.4. The molecule has 0 unspecified atom stereocenters. The number of hydrogen-bond acceptors (Lipinski definition) is 6. The summed E-state index contributed by atoms with van der Waals surface area (Å²) in [6, 6.07) is 14.4. The predicted molar refractivity (Wildman–Crippen MR) is 128 cm³/mol. The Bertz CT molecular complexity index is 1300. The molecule has 7 nitrogen and oxygen atoms in total. The molecule has 1 amide bonds. The molecule has 35 heavy (non-hydrogen) atoms. The summed E-state index contributed by atoms with van der Waals surface area (Å²) in [6.45, 7) is 0. The van der Waals surface area contributed by atoms with Gasteiger partial charge in [0.25, 0.3) is 10.0 Å². The van der Waals surface area contributed by atoms with Gasteiger partial charge in [-0.25, -0.2) is 8.42 Å². The number of benzene rings is 3. The summed E-state index contributed by atoms with van der Waals surface area (Å²) in [5.41, 5.74) is -0.827. The van der Waals surface area contributed by atoms with Crippen LogP contribution in [0.3, 0.4) is 0 Å². The van der Waals surface area contributed by atoms with Crippen molar-refractivity contribution >= 4 is 39.1 Å². The second-order valence-corrected chi connectivity index (χ2v) is 9.79. The van der Waals surface area contributed by atoms with Crippen LogP contribution in [0.1, 0.15) is 5.56 Å². The highest BCUT2D eigenvalue weighted by Crippen LogP contribution is 2.32. The normalized spacial score (nSPS) is 11.6. The highest BCUT2D eigenvalue weighted by Gasteiger charge is 2.30. The summed E-state index contributed by atoms with van der Waals surface area (Å²) in [6.07, 6.45) is -4.60. The third-order valence-corrected chi connectivity index (χ3v) is 7.01. The molecule has 0 aliphatic carbocycles. The van der Waals surface area contributed by atoms with Crippen LogP contribution in [0.25, 0.3) is 0 Å². The number of rotatable bonds is 9. The summed E-state index contributed by atoms with van der Waals surface area (Å²) in [4.78, 5) is 12.9. The molecule has 0 radical (unpaired) electrons. The van der Waals surface area contributed by atoms with Gasteiger partial charge in [-0.15, -0.1) is 11.8 Å². The molecule has 0 bridgehead atoms. The first-order valence-electron chi connectivity index (χ1n) is 9.96. The fourth-order valence-corrected chi connectivity index (χ4v) is 4.72. The molecule has 0 saturated carbocycles. The van der Waals surface area contributed by atoms with E-state index in [1.54, 1.807) is 18.2 Å². The number of carbonyl (C=O) groups excluding carboxylic acids is 1. The fraction of sp³-hybridized carbons (Fsp3) is 0.174. The number of alkyl halides is 3.